The highest BCUT2D eigenvalue weighted by atomic mass is 16.3. The van der Waals surface area contributed by atoms with Gasteiger partial charge in [-0.05, 0) is 32.4 Å². The van der Waals surface area contributed by atoms with Gasteiger partial charge in [-0.2, -0.15) is 0 Å². The molecule has 2 N–H and O–H groups in total. The zero-order valence-electron chi connectivity index (χ0n) is 9.34. The molecule has 0 bridgehead atoms. The summed E-state index contributed by atoms with van der Waals surface area (Å²) < 4.78 is 0. The van der Waals surface area contributed by atoms with E-state index in [0.29, 0.717) is 6.04 Å². The van der Waals surface area contributed by atoms with Gasteiger partial charge in [-0.3, -0.25) is 4.90 Å². The number of aliphatic hydroxyl groups is 1. The van der Waals surface area contributed by atoms with Gasteiger partial charge < -0.3 is 10.4 Å². The van der Waals surface area contributed by atoms with Gasteiger partial charge >= 0.3 is 0 Å². The predicted molar refractivity (Wildman–Crippen MR) is 59.5 cm³/mol. The highest BCUT2D eigenvalue weighted by molar-refractivity contribution is 4.77. The van der Waals surface area contributed by atoms with Crippen LogP contribution in [-0.4, -0.2) is 48.8 Å². The Hall–Kier alpha value is -0.120. The van der Waals surface area contributed by atoms with E-state index >= 15 is 0 Å². The van der Waals surface area contributed by atoms with Crippen LogP contribution >= 0.6 is 0 Å². The lowest BCUT2D eigenvalue weighted by molar-refractivity contribution is 0.183. The van der Waals surface area contributed by atoms with Gasteiger partial charge in [0.25, 0.3) is 0 Å². The maximum absolute atomic E-state index is 8.95. The molecule has 1 aliphatic heterocycles. The topological polar surface area (TPSA) is 35.5 Å². The molecule has 84 valence electrons. The first-order valence-electron chi connectivity index (χ1n) is 5.93. The van der Waals surface area contributed by atoms with Crippen LogP contribution in [0.3, 0.4) is 0 Å². The van der Waals surface area contributed by atoms with Gasteiger partial charge in [0.15, 0.2) is 0 Å². The van der Waals surface area contributed by atoms with Crippen molar-refractivity contribution in [3.05, 3.63) is 0 Å². The highest BCUT2D eigenvalue weighted by Crippen LogP contribution is 2.07. The van der Waals surface area contributed by atoms with Crippen molar-refractivity contribution >= 4 is 0 Å². The highest BCUT2D eigenvalue weighted by Gasteiger charge is 2.16. The van der Waals surface area contributed by atoms with E-state index in [0.717, 1.165) is 19.6 Å². The molecular weight excluding hydrogens is 176 g/mol. The van der Waals surface area contributed by atoms with Crippen LogP contribution in [0.25, 0.3) is 0 Å². The largest absolute Gasteiger partial charge is 0.395 e. The summed E-state index contributed by atoms with van der Waals surface area (Å²) in [5.74, 6) is 0. The second-order valence-corrected chi connectivity index (χ2v) is 4.17. The number of nitrogens with zero attached hydrogens (tertiary/aromatic N) is 1. The van der Waals surface area contributed by atoms with Crippen LogP contribution in [0, 0.1) is 0 Å². The van der Waals surface area contributed by atoms with Crippen molar-refractivity contribution < 1.29 is 5.11 Å². The summed E-state index contributed by atoms with van der Waals surface area (Å²) in [6, 6.07) is 0.665. The van der Waals surface area contributed by atoms with Crippen molar-refractivity contribution in [1.29, 1.82) is 0 Å². The van der Waals surface area contributed by atoms with Crippen LogP contribution in [0.2, 0.25) is 0 Å². The summed E-state index contributed by atoms with van der Waals surface area (Å²) in [7, 11) is 0. The van der Waals surface area contributed by atoms with Crippen LogP contribution in [0.5, 0.6) is 0 Å². The molecule has 0 spiro atoms. The summed E-state index contributed by atoms with van der Waals surface area (Å²) in [6.45, 7) is 6.75. The molecule has 1 fully saturated rings. The first-order valence-corrected chi connectivity index (χ1v) is 5.93. The summed E-state index contributed by atoms with van der Waals surface area (Å²) >= 11 is 0. The third-order valence-electron chi connectivity index (χ3n) is 2.89. The summed E-state index contributed by atoms with van der Waals surface area (Å²) in [5.41, 5.74) is 0. The second kappa shape index (κ2) is 7.21. The number of hydrogen-bond acceptors (Lipinski definition) is 3. The molecule has 1 saturated heterocycles. The number of aliphatic hydroxyl groups excluding tert-OH is 1. The number of rotatable bonds is 7. The lowest BCUT2D eigenvalue weighted by atomic mass is 10.2. The lowest BCUT2D eigenvalue weighted by Crippen LogP contribution is -2.39. The molecule has 14 heavy (non-hydrogen) atoms. The smallest absolute Gasteiger partial charge is 0.0558 e. The first-order chi connectivity index (χ1) is 6.86. The predicted octanol–water partition coefficient (Wildman–Crippen LogP) is 0.833. The fourth-order valence-corrected chi connectivity index (χ4v) is 2.04. The van der Waals surface area contributed by atoms with Gasteiger partial charge in [0.2, 0.25) is 0 Å². The van der Waals surface area contributed by atoms with Gasteiger partial charge in [-0.1, -0.05) is 13.3 Å². The maximum atomic E-state index is 8.95. The summed E-state index contributed by atoms with van der Waals surface area (Å²) in [6.07, 6.45) is 5.09. The molecule has 0 radical (unpaired) electrons. The molecule has 3 nitrogen and oxygen atoms in total. The van der Waals surface area contributed by atoms with Crippen molar-refractivity contribution in [2.24, 2.45) is 0 Å². The number of unbranched alkanes of at least 4 members (excludes halogenated alkanes) is 1. The SMILES string of the molecule is CCCCN(CCO)CC1CCCN1. The third-order valence-corrected chi connectivity index (χ3v) is 2.89. The average Bonchev–Trinajstić information content (AvgIpc) is 2.67. The van der Waals surface area contributed by atoms with Crippen molar-refractivity contribution in [3.8, 4) is 0 Å². The quantitative estimate of drug-likeness (QED) is 0.639. The molecule has 1 aliphatic rings. The summed E-state index contributed by atoms with van der Waals surface area (Å²) in [5, 5.41) is 12.4. The van der Waals surface area contributed by atoms with Crippen LogP contribution in [-0.2, 0) is 0 Å². The third kappa shape index (κ3) is 4.40. The molecule has 1 rings (SSSR count). The van der Waals surface area contributed by atoms with Gasteiger partial charge in [-0.15, -0.1) is 0 Å². The van der Waals surface area contributed by atoms with Gasteiger partial charge in [0, 0.05) is 19.1 Å². The number of nitrogens with one attached hydrogen (secondary N) is 1. The van der Waals surface area contributed by atoms with Crippen LogP contribution in [0.15, 0.2) is 0 Å². The Labute approximate surface area is 87.5 Å². The second-order valence-electron chi connectivity index (χ2n) is 4.17. The van der Waals surface area contributed by atoms with Gasteiger partial charge in [-0.25, -0.2) is 0 Å². The standard InChI is InChI=1S/C11H24N2O/c1-2-3-7-13(8-9-14)10-11-5-4-6-12-11/h11-12,14H,2-10H2,1H3. The zero-order valence-corrected chi connectivity index (χ0v) is 9.34. The Morgan fingerprint density at radius 2 is 2.29 bits per heavy atom. The molecule has 1 unspecified atom stereocenters. The van der Waals surface area contributed by atoms with Crippen molar-refractivity contribution in [2.75, 3.05) is 32.8 Å². The molecule has 0 aromatic rings. The average molecular weight is 200 g/mol. The van der Waals surface area contributed by atoms with Gasteiger partial charge in [0.05, 0.1) is 6.61 Å². The minimum atomic E-state index is 0.288. The van der Waals surface area contributed by atoms with Crippen molar-refractivity contribution in [1.82, 2.24) is 10.2 Å². The Morgan fingerprint density at radius 1 is 1.43 bits per heavy atom. The minimum Gasteiger partial charge on any atom is -0.395 e. The minimum absolute atomic E-state index is 0.288. The molecule has 0 aromatic heterocycles. The van der Waals surface area contributed by atoms with E-state index < -0.39 is 0 Å². The zero-order chi connectivity index (χ0) is 10.2. The van der Waals surface area contributed by atoms with Crippen molar-refractivity contribution in [2.45, 2.75) is 38.6 Å². The molecule has 0 amide bonds. The normalized spacial score (nSPS) is 22.1. The van der Waals surface area contributed by atoms with E-state index in [2.05, 4.69) is 17.1 Å². The van der Waals surface area contributed by atoms with Crippen LogP contribution in [0.4, 0.5) is 0 Å². The Morgan fingerprint density at radius 3 is 2.86 bits per heavy atom. The van der Waals surface area contributed by atoms with Crippen LogP contribution in [0.1, 0.15) is 32.6 Å². The van der Waals surface area contributed by atoms with E-state index in [1.807, 2.05) is 0 Å². The van der Waals surface area contributed by atoms with Crippen LogP contribution < -0.4 is 5.32 Å². The molecule has 0 aromatic carbocycles. The fourth-order valence-electron chi connectivity index (χ4n) is 2.04. The van der Waals surface area contributed by atoms with E-state index in [4.69, 9.17) is 5.11 Å². The fraction of sp³-hybridized carbons (Fsp3) is 1.00. The van der Waals surface area contributed by atoms with Crippen molar-refractivity contribution in [3.63, 3.8) is 0 Å². The monoisotopic (exact) mass is 200 g/mol. The van der Waals surface area contributed by atoms with E-state index in [9.17, 15) is 0 Å². The molecule has 0 aliphatic carbocycles. The first kappa shape index (κ1) is 12.0. The number of hydrogen-bond donors (Lipinski definition) is 2. The van der Waals surface area contributed by atoms with E-state index in [-0.39, 0.29) is 6.61 Å². The molecule has 1 heterocycles. The molecule has 1 atom stereocenters. The lowest BCUT2D eigenvalue weighted by Gasteiger charge is -2.24. The Kier molecular flexibility index (Phi) is 6.15. The Bertz CT molecular complexity index is 135. The molecule has 0 saturated carbocycles. The van der Waals surface area contributed by atoms with Gasteiger partial charge in [0.1, 0.15) is 0 Å². The molecule has 3 heteroatoms. The van der Waals surface area contributed by atoms with E-state index in [1.54, 1.807) is 0 Å². The molecular formula is C11H24N2O. The maximum Gasteiger partial charge on any atom is 0.0558 e. The Balaban J connectivity index is 2.18. The summed E-state index contributed by atoms with van der Waals surface area (Å²) in [4.78, 5) is 2.38. The van der Waals surface area contributed by atoms with E-state index in [1.165, 1.54) is 32.2 Å².